The van der Waals surface area contributed by atoms with Gasteiger partial charge < -0.3 is 5.32 Å². The van der Waals surface area contributed by atoms with E-state index in [1.165, 1.54) is 11.6 Å². The molecular weight excluding hydrogens is 353 g/mol. The Morgan fingerprint density at radius 1 is 1.19 bits per heavy atom. The molecular formula is C17H18BrClFN. The third kappa shape index (κ3) is 4.53. The highest BCUT2D eigenvalue weighted by atomic mass is 79.9. The monoisotopic (exact) mass is 369 g/mol. The molecule has 0 aliphatic rings. The lowest BCUT2D eigenvalue weighted by Crippen LogP contribution is -2.23. The molecule has 0 aliphatic carbocycles. The van der Waals surface area contributed by atoms with Crippen molar-refractivity contribution in [1.29, 1.82) is 0 Å². The molecule has 0 radical (unpaired) electrons. The van der Waals surface area contributed by atoms with Crippen LogP contribution in [0.1, 0.15) is 24.0 Å². The van der Waals surface area contributed by atoms with Crippen LogP contribution in [0, 0.1) is 5.82 Å². The molecule has 0 fully saturated rings. The summed E-state index contributed by atoms with van der Waals surface area (Å²) in [4.78, 5) is 0. The number of likely N-dealkylation sites (N-methyl/N-ethyl adjacent to an activating group) is 1. The molecule has 0 aromatic heterocycles. The van der Waals surface area contributed by atoms with Gasteiger partial charge in [-0.2, -0.15) is 0 Å². The van der Waals surface area contributed by atoms with Crippen LogP contribution in [0.4, 0.5) is 4.39 Å². The third-order valence-electron chi connectivity index (χ3n) is 3.49. The van der Waals surface area contributed by atoms with Crippen LogP contribution in [0.5, 0.6) is 0 Å². The van der Waals surface area contributed by atoms with Crippen molar-refractivity contribution in [2.24, 2.45) is 0 Å². The van der Waals surface area contributed by atoms with Crippen LogP contribution < -0.4 is 5.32 Å². The van der Waals surface area contributed by atoms with Crippen molar-refractivity contribution < 1.29 is 4.39 Å². The van der Waals surface area contributed by atoms with Crippen molar-refractivity contribution in [3.8, 4) is 0 Å². The van der Waals surface area contributed by atoms with Gasteiger partial charge in [-0.3, -0.25) is 0 Å². The van der Waals surface area contributed by atoms with Gasteiger partial charge in [0.05, 0.1) is 0 Å². The molecule has 1 atom stereocenters. The molecule has 0 bridgehead atoms. The second kappa shape index (κ2) is 7.92. The second-order valence-electron chi connectivity index (χ2n) is 4.96. The van der Waals surface area contributed by atoms with Gasteiger partial charge >= 0.3 is 0 Å². The summed E-state index contributed by atoms with van der Waals surface area (Å²) in [7, 11) is 0. The van der Waals surface area contributed by atoms with Gasteiger partial charge in [-0.05, 0) is 42.8 Å². The maximum Gasteiger partial charge on any atom is 0.127 e. The van der Waals surface area contributed by atoms with Crippen LogP contribution >= 0.6 is 27.5 Å². The van der Waals surface area contributed by atoms with Crippen LogP contribution in [0.25, 0.3) is 0 Å². The first kappa shape index (κ1) is 16.5. The molecule has 0 spiro atoms. The fourth-order valence-corrected chi connectivity index (χ4v) is 2.84. The van der Waals surface area contributed by atoms with E-state index in [1.54, 1.807) is 12.1 Å². The van der Waals surface area contributed by atoms with E-state index in [9.17, 15) is 4.39 Å². The van der Waals surface area contributed by atoms with E-state index in [4.69, 9.17) is 11.6 Å². The van der Waals surface area contributed by atoms with E-state index in [1.807, 2.05) is 12.1 Å². The average Bonchev–Trinajstić information content (AvgIpc) is 2.47. The lowest BCUT2D eigenvalue weighted by Gasteiger charge is -2.19. The molecule has 0 saturated carbocycles. The molecule has 112 valence electrons. The number of rotatable bonds is 6. The first-order valence-electron chi connectivity index (χ1n) is 7.01. The minimum atomic E-state index is -0.235. The highest BCUT2D eigenvalue weighted by molar-refractivity contribution is 9.10. The van der Waals surface area contributed by atoms with Crippen LogP contribution in [0.15, 0.2) is 46.9 Å². The van der Waals surface area contributed by atoms with Crippen LogP contribution in [0.2, 0.25) is 5.02 Å². The first-order chi connectivity index (χ1) is 10.1. The van der Waals surface area contributed by atoms with Gasteiger partial charge in [-0.25, -0.2) is 4.39 Å². The van der Waals surface area contributed by atoms with Crippen molar-refractivity contribution >= 4 is 27.5 Å². The van der Waals surface area contributed by atoms with Gasteiger partial charge in [0.15, 0.2) is 0 Å². The topological polar surface area (TPSA) is 12.0 Å². The fourth-order valence-electron chi connectivity index (χ4n) is 2.34. The maximum absolute atomic E-state index is 14.0. The van der Waals surface area contributed by atoms with Crippen molar-refractivity contribution in [3.05, 3.63) is 68.9 Å². The van der Waals surface area contributed by atoms with Crippen LogP contribution in [-0.4, -0.2) is 13.1 Å². The number of hydrogen-bond acceptors (Lipinski definition) is 1. The van der Waals surface area contributed by atoms with Gasteiger partial charge in [-0.1, -0.05) is 52.7 Å². The molecule has 2 aromatic carbocycles. The molecule has 0 saturated heterocycles. The summed E-state index contributed by atoms with van der Waals surface area (Å²) in [6.07, 6.45) is 0.583. The van der Waals surface area contributed by atoms with E-state index in [2.05, 4.69) is 40.3 Å². The Kier molecular flexibility index (Phi) is 6.22. The summed E-state index contributed by atoms with van der Waals surface area (Å²) in [5.41, 5.74) is 1.77. The van der Waals surface area contributed by atoms with E-state index in [-0.39, 0.29) is 11.7 Å². The highest BCUT2D eigenvalue weighted by Gasteiger charge is 2.16. The summed E-state index contributed by atoms with van der Waals surface area (Å²) in [6, 6.07) is 13.0. The van der Waals surface area contributed by atoms with E-state index in [0.29, 0.717) is 17.0 Å². The second-order valence-corrected chi connectivity index (χ2v) is 6.28. The highest BCUT2D eigenvalue weighted by Crippen LogP contribution is 2.27. The molecule has 1 unspecified atom stereocenters. The first-order valence-corrected chi connectivity index (χ1v) is 8.18. The molecule has 21 heavy (non-hydrogen) atoms. The van der Waals surface area contributed by atoms with Crippen LogP contribution in [0.3, 0.4) is 0 Å². The molecule has 0 aliphatic heterocycles. The maximum atomic E-state index is 14.0. The van der Waals surface area contributed by atoms with Gasteiger partial charge in [0.1, 0.15) is 5.82 Å². The minimum absolute atomic E-state index is 0.187. The number of benzene rings is 2. The fraction of sp³-hybridized carbons (Fsp3) is 0.294. The Hall–Kier alpha value is -0.900. The largest absolute Gasteiger partial charge is 0.316 e. The summed E-state index contributed by atoms with van der Waals surface area (Å²) in [5.74, 6) is -0.0476. The van der Waals surface area contributed by atoms with Crippen LogP contribution in [-0.2, 0) is 6.42 Å². The molecule has 4 heteroatoms. The molecule has 2 rings (SSSR count). The van der Waals surface area contributed by atoms with E-state index < -0.39 is 0 Å². The van der Waals surface area contributed by atoms with Gasteiger partial charge in [0.25, 0.3) is 0 Å². The lowest BCUT2D eigenvalue weighted by atomic mass is 9.91. The SMILES string of the molecule is CCNCC(Cc1c(F)cccc1Cl)c1ccc(Br)cc1. The Morgan fingerprint density at radius 2 is 1.90 bits per heavy atom. The summed E-state index contributed by atoms with van der Waals surface area (Å²) in [5, 5.41) is 3.84. The summed E-state index contributed by atoms with van der Waals surface area (Å²) in [6.45, 7) is 3.75. The quantitative estimate of drug-likeness (QED) is 0.739. The van der Waals surface area contributed by atoms with Gasteiger partial charge in [-0.15, -0.1) is 0 Å². The van der Waals surface area contributed by atoms with Crippen molar-refractivity contribution in [2.45, 2.75) is 19.3 Å². The molecule has 0 amide bonds. The molecule has 1 N–H and O–H groups in total. The normalized spacial score (nSPS) is 12.4. The predicted octanol–water partition coefficient (Wildman–Crippen LogP) is 5.18. The Bertz CT molecular complexity index is 566. The molecule has 1 nitrogen and oxygen atoms in total. The average molecular weight is 371 g/mol. The third-order valence-corrected chi connectivity index (χ3v) is 4.38. The summed E-state index contributed by atoms with van der Waals surface area (Å²) < 4.78 is 15.0. The standard InChI is InChI=1S/C17H18BrClFN/c1-2-21-11-13(12-6-8-14(18)9-7-12)10-15-16(19)4-3-5-17(15)20/h3-9,13,21H,2,10-11H2,1H3. The van der Waals surface area contributed by atoms with Crippen molar-refractivity contribution in [2.75, 3.05) is 13.1 Å². The van der Waals surface area contributed by atoms with Gasteiger partial charge in [0, 0.05) is 27.5 Å². The number of nitrogens with one attached hydrogen (secondary N) is 1. The Balaban J connectivity index is 2.26. The zero-order valence-electron chi connectivity index (χ0n) is 11.9. The lowest BCUT2D eigenvalue weighted by molar-refractivity contribution is 0.562. The van der Waals surface area contributed by atoms with E-state index >= 15 is 0 Å². The Labute approximate surface area is 138 Å². The number of hydrogen-bond donors (Lipinski definition) is 1. The number of halogens is 3. The molecule has 0 heterocycles. The zero-order valence-corrected chi connectivity index (χ0v) is 14.2. The predicted molar refractivity (Wildman–Crippen MR) is 90.5 cm³/mol. The van der Waals surface area contributed by atoms with Crippen molar-refractivity contribution in [1.82, 2.24) is 5.32 Å². The Morgan fingerprint density at radius 3 is 2.52 bits per heavy atom. The van der Waals surface area contributed by atoms with E-state index in [0.717, 1.165) is 17.6 Å². The van der Waals surface area contributed by atoms with Crippen molar-refractivity contribution in [3.63, 3.8) is 0 Å². The zero-order chi connectivity index (χ0) is 15.2. The minimum Gasteiger partial charge on any atom is -0.316 e. The smallest absolute Gasteiger partial charge is 0.127 e. The summed E-state index contributed by atoms with van der Waals surface area (Å²) >= 11 is 9.59. The molecule has 2 aromatic rings. The van der Waals surface area contributed by atoms with Gasteiger partial charge in [0.2, 0.25) is 0 Å².